The van der Waals surface area contributed by atoms with E-state index in [1.54, 1.807) is 54.9 Å². The number of nitrogens with one attached hydrogen (secondary N) is 10. The highest BCUT2D eigenvalue weighted by Crippen LogP contribution is 2.21. The van der Waals surface area contributed by atoms with E-state index in [0.717, 1.165) is 17.8 Å². The molecule has 2 aromatic heterocycles. The van der Waals surface area contributed by atoms with Crippen LogP contribution < -0.4 is 88.4 Å². The number of rotatable bonds is 39. The number of H-pyrrole nitrogens is 2. The van der Waals surface area contributed by atoms with Gasteiger partial charge in [-0.05, 0) is 102 Å². The number of aliphatic hydroxyl groups excluding tert-OH is 2. The molecule has 0 unspecified atom stereocenters. The summed E-state index contributed by atoms with van der Waals surface area (Å²) < 4.78 is 0. The van der Waals surface area contributed by atoms with Crippen LogP contribution in [0, 0.1) is 0 Å². The number of fused-ring (bicyclic) bond motifs is 2. The highest BCUT2D eigenvalue weighted by Gasteiger charge is 2.38. The Balaban J connectivity index is 1.57. The van der Waals surface area contributed by atoms with Gasteiger partial charge in [-0.1, -0.05) is 36.4 Å². The van der Waals surface area contributed by atoms with Gasteiger partial charge in [0, 0.05) is 53.6 Å². The number of nitrogens with zero attached hydrogens (tertiary/aromatic N) is 1. The van der Waals surface area contributed by atoms with Gasteiger partial charge in [0.25, 0.3) is 0 Å². The number of hydrogen-bond donors (Lipinski definition) is 20. The lowest BCUT2D eigenvalue weighted by molar-refractivity contribution is -0.138. The summed E-state index contributed by atoms with van der Waals surface area (Å²) in [6.07, 6.45) is -0.741. The molecule has 32 heteroatoms. The number of guanidine groups is 1. The quantitative estimate of drug-likeness (QED) is 0.0112. The summed E-state index contributed by atoms with van der Waals surface area (Å²) in [5.41, 5.74) is 47.4. The van der Waals surface area contributed by atoms with E-state index in [2.05, 4.69) is 57.5 Å². The molecule has 0 saturated carbocycles. The first-order valence-corrected chi connectivity index (χ1v) is 28.7. The number of primary amides is 3. The van der Waals surface area contributed by atoms with Crippen LogP contribution in [0.1, 0.15) is 89.2 Å². The van der Waals surface area contributed by atoms with Gasteiger partial charge in [-0.3, -0.25) is 57.7 Å². The van der Waals surface area contributed by atoms with E-state index in [1.165, 1.54) is 6.92 Å². The second-order valence-corrected chi connectivity index (χ2v) is 21.3. The molecule has 11 atom stereocenters. The largest absolute Gasteiger partial charge is 0.391 e. The van der Waals surface area contributed by atoms with Crippen molar-refractivity contribution in [3.05, 3.63) is 72.1 Å². The summed E-state index contributed by atoms with van der Waals surface area (Å²) in [6.45, 7) is 2.88. The Bertz CT molecular complexity index is 3090. The van der Waals surface area contributed by atoms with Gasteiger partial charge in [0.05, 0.1) is 31.1 Å². The van der Waals surface area contributed by atoms with Crippen molar-refractivity contribution in [1.82, 2.24) is 52.5 Å². The van der Waals surface area contributed by atoms with Crippen molar-refractivity contribution in [3.63, 3.8) is 0 Å². The third kappa shape index (κ3) is 22.6. The number of para-hydroxylation sites is 2. The molecule has 0 bridgehead atoms. The average molecular weight is 1230 g/mol. The number of benzene rings is 2. The Morgan fingerprint density at radius 2 is 0.841 bits per heavy atom. The highest BCUT2D eigenvalue weighted by molar-refractivity contribution is 6.00. The van der Waals surface area contributed by atoms with Crippen LogP contribution in [0.2, 0.25) is 0 Å². The topological polar surface area (TPSA) is 577 Å². The lowest BCUT2D eigenvalue weighted by Gasteiger charge is -2.29. The number of aromatic nitrogens is 2. The van der Waals surface area contributed by atoms with Gasteiger partial charge >= 0.3 is 0 Å². The molecule has 2 aromatic carbocycles. The minimum atomic E-state index is -1.90. The highest BCUT2D eigenvalue weighted by atomic mass is 16.3. The molecule has 0 spiro atoms. The first-order chi connectivity index (χ1) is 41.7. The fraction of sp³-hybridized carbons (Fsp3) is 0.500. The number of aliphatic imine (C=N–C) groups is 1. The third-order valence-corrected chi connectivity index (χ3v) is 14.2. The smallest absolute Gasteiger partial charge is 0.245 e. The minimum Gasteiger partial charge on any atom is -0.391 e. The average Bonchev–Trinajstić information content (AvgIpc) is 3.99. The zero-order valence-electron chi connectivity index (χ0n) is 49.2. The van der Waals surface area contributed by atoms with Crippen LogP contribution in [0.5, 0.6) is 0 Å². The number of hydrogen-bond acceptors (Lipinski definition) is 17. The van der Waals surface area contributed by atoms with E-state index >= 15 is 0 Å². The summed E-state index contributed by atoms with van der Waals surface area (Å²) in [4.78, 5) is 160. The van der Waals surface area contributed by atoms with Crippen LogP contribution >= 0.6 is 0 Å². The molecular weight excluding hydrogens is 1150 g/mol. The van der Waals surface area contributed by atoms with Gasteiger partial charge in [0.15, 0.2) is 5.96 Å². The molecule has 4 aromatic rings. The van der Waals surface area contributed by atoms with Gasteiger partial charge < -0.3 is 109 Å². The maximum Gasteiger partial charge on any atom is 0.245 e. The Morgan fingerprint density at radius 1 is 0.466 bits per heavy atom. The molecule has 0 radical (unpaired) electrons. The fourth-order valence-electron chi connectivity index (χ4n) is 9.40. The number of nitrogens with two attached hydrogens (primary N) is 8. The van der Waals surface area contributed by atoms with Gasteiger partial charge in [-0.25, -0.2) is 0 Å². The van der Waals surface area contributed by atoms with E-state index < -0.39 is 144 Å². The van der Waals surface area contributed by atoms with Gasteiger partial charge in [-0.15, -0.1) is 0 Å². The van der Waals surface area contributed by atoms with Crippen molar-refractivity contribution in [2.24, 2.45) is 50.9 Å². The molecule has 482 valence electrons. The predicted octanol–water partition coefficient (Wildman–Crippen LogP) is -6.05. The monoisotopic (exact) mass is 1230 g/mol. The first kappa shape index (κ1) is 71.2. The Morgan fingerprint density at radius 3 is 1.26 bits per heavy atom. The second-order valence-electron chi connectivity index (χ2n) is 21.3. The summed E-state index contributed by atoms with van der Waals surface area (Å²) in [6, 6.07) is -0.132. The molecule has 88 heavy (non-hydrogen) atoms. The predicted molar refractivity (Wildman–Crippen MR) is 323 cm³/mol. The molecule has 28 N–H and O–H groups in total. The van der Waals surface area contributed by atoms with E-state index in [4.69, 9.17) is 45.9 Å². The molecular formula is C56H85N19O13. The van der Waals surface area contributed by atoms with Crippen molar-refractivity contribution in [2.45, 2.75) is 157 Å². The molecule has 0 aliphatic heterocycles. The van der Waals surface area contributed by atoms with Crippen molar-refractivity contribution >= 4 is 92.7 Å². The molecule has 32 nitrogen and oxygen atoms in total. The molecule has 0 saturated heterocycles. The number of carbonyl (C=O) groups is 11. The Hall–Kier alpha value is -9.24. The zero-order chi connectivity index (χ0) is 65.2. The summed E-state index contributed by atoms with van der Waals surface area (Å²) in [5, 5.41) is 42.9. The van der Waals surface area contributed by atoms with E-state index in [9.17, 15) is 63.0 Å². The molecule has 4 rings (SSSR count). The zero-order valence-corrected chi connectivity index (χ0v) is 49.2. The van der Waals surface area contributed by atoms with Gasteiger partial charge in [0.2, 0.25) is 65.0 Å². The van der Waals surface area contributed by atoms with Gasteiger partial charge in [0.1, 0.15) is 48.3 Å². The summed E-state index contributed by atoms with van der Waals surface area (Å²) in [5.74, 6) is -11.7. The van der Waals surface area contributed by atoms with Crippen LogP contribution in [0.3, 0.4) is 0 Å². The molecule has 0 aliphatic rings. The molecule has 0 aliphatic carbocycles. The third-order valence-electron chi connectivity index (χ3n) is 14.2. The van der Waals surface area contributed by atoms with Crippen LogP contribution in [0.25, 0.3) is 21.8 Å². The minimum absolute atomic E-state index is 0.000636. The standard InChI is InChI=1S/C56H85N19O13/c1-28(76)45(54(87)70-39(47(62)80)22-30-26-66-35-15-5-3-12-32(30)35)75-53(86)40(23-31-27-67-36-16-6-4-13-33(31)36)73-55(88)46(29(2)77)74-50(83)38(18-8-10-20-58)69-51(84)41(24-43(60)78)72-52(85)42(25-44(61)79)71-49(82)37(17-7-9-19-57)68-48(81)34(59)14-11-21-65-56(63)64/h3-6,12-13,15-16,26-29,34,37-42,45-46,66-67,76-77H,7-11,14,17-25,57-59H2,1-2H3,(H2,60,78)(H2,61,79)(H2,62,80)(H,68,81)(H,69,84)(H,70,87)(H,71,82)(H,72,85)(H,73,88)(H,74,83)(H,75,86)(H4,63,64,65)/t28-,29-,34+,37+,38+,39+,40+,41+,42+,45+,46+/m1/s1. The number of aliphatic hydroxyl groups is 2. The molecule has 0 fully saturated rings. The lowest BCUT2D eigenvalue weighted by Crippen LogP contribution is -2.63. The second kappa shape index (κ2) is 35.4. The van der Waals surface area contributed by atoms with Crippen molar-refractivity contribution in [3.8, 4) is 0 Å². The number of carbonyl (C=O) groups excluding carboxylic acids is 11. The fourth-order valence-corrected chi connectivity index (χ4v) is 9.40. The Kier molecular flexibility index (Phi) is 28.7. The number of amides is 11. The van der Waals surface area contributed by atoms with E-state index in [1.807, 2.05) is 6.07 Å². The molecule has 11 amide bonds. The van der Waals surface area contributed by atoms with Crippen LogP contribution in [0.4, 0.5) is 0 Å². The van der Waals surface area contributed by atoms with Crippen LogP contribution in [0.15, 0.2) is 65.9 Å². The number of aromatic amines is 2. The van der Waals surface area contributed by atoms with E-state index in [0.29, 0.717) is 47.7 Å². The Labute approximate surface area is 506 Å². The first-order valence-electron chi connectivity index (χ1n) is 28.7. The maximum atomic E-state index is 14.5. The summed E-state index contributed by atoms with van der Waals surface area (Å²) in [7, 11) is 0. The molecule has 2 heterocycles. The van der Waals surface area contributed by atoms with Crippen molar-refractivity contribution < 1.29 is 63.0 Å². The van der Waals surface area contributed by atoms with Crippen LogP contribution in [-0.2, 0) is 65.6 Å². The SMILES string of the molecule is C[C@@H](O)[C@H](NC(=O)[C@H](Cc1c[nH]c2ccccc12)NC(=O)[C@@H](NC(=O)[C@H](CCCCN)NC(=O)[C@H](CC(N)=O)NC(=O)[C@H](CC(N)=O)NC(=O)[C@H](CCCCN)NC(=O)[C@@H](N)CCCN=C(N)N)[C@@H](C)O)C(=O)N[C@@H](Cc1c[nH]c2ccccc12)C(N)=O. The lowest BCUT2D eigenvalue weighted by atomic mass is 10.0. The normalized spacial score (nSPS) is 15.0. The van der Waals surface area contributed by atoms with Crippen LogP contribution in [-0.4, -0.2) is 177 Å². The van der Waals surface area contributed by atoms with Crippen molar-refractivity contribution in [2.75, 3.05) is 19.6 Å². The maximum absolute atomic E-state index is 14.5. The van der Waals surface area contributed by atoms with Crippen molar-refractivity contribution in [1.29, 1.82) is 0 Å². The van der Waals surface area contributed by atoms with Gasteiger partial charge in [-0.2, -0.15) is 0 Å². The number of unbranched alkanes of at least 4 members (excludes halogenated alkanes) is 2. The summed E-state index contributed by atoms with van der Waals surface area (Å²) >= 11 is 0. The van der Waals surface area contributed by atoms with E-state index in [-0.39, 0.29) is 64.1 Å².